The van der Waals surface area contributed by atoms with Gasteiger partial charge in [0.2, 0.25) is 0 Å². The van der Waals surface area contributed by atoms with Crippen LogP contribution in [0.4, 0.5) is 4.39 Å². The molecular formula is C17H14FNO2. The van der Waals surface area contributed by atoms with E-state index in [0.29, 0.717) is 12.4 Å². The number of rotatable bonds is 4. The van der Waals surface area contributed by atoms with Crippen molar-refractivity contribution in [2.24, 2.45) is 0 Å². The molecule has 0 aliphatic carbocycles. The van der Waals surface area contributed by atoms with Crippen LogP contribution >= 0.6 is 0 Å². The van der Waals surface area contributed by atoms with Gasteiger partial charge < -0.3 is 9.47 Å². The molecule has 0 radical (unpaired) electrons. The Morgan fingerprint density at radius 2 is 2.14 bits per heavy atom. The summed E-state index contributed by atoms with van der Waals surface area (Å²) in [6.45, 7) is 1.21. The lowest BCUT2D eigenvalue weighted by Crippen LogP contribution is -2.02. The van der Waals surface area contributed by atoms with Crippen molar-refractivity contribution in [3.63, 3.8) is 0 Å². The van der Waals surface area contributed by atoms with Crippen LogP contribution in [0.25, 0.3) is 0 Å². The first-order valence-electron chi connectivity index (χ1n) is 6.83. The highest BCUT2D eigenvalue weighted by atomic mass is 19.1. The predicted octanol–water partition coefficient (Wildman–Crippen LogP) is 3.25. The lowest BCUT2D eigenvalue weighted by atomic mass is 10.1. The van der Waals surface area contributed by atoms with Crippen LogP contribution in [0.3, 0.4) is 0 Å². The number of ether oxygens (including phenoxy) is 2. The monoisotopic (exact) mass is 283 g/mol. The smallest absolute Gasteiger partial charge is 0.144 e. The third-order valence-electron chi connectivity index (χ3n) is 3.47. The molecule has 0 unspecified atom stereocenters. The molecule has 0 atom stereocenters. The number of halogens is 1. The quantitative estimate of drug-likeness (QED) is 0.865. The molecule has 0 N–H and O–H groups in total. The van der Waals surface area contributed by atoms with Crippen molar-refractivity contribution in [2.45, 2.75) is 12.8 Å². The summed E-state index contributed by atoms with van der Waals surface area (Å²) < 4.78 is 24.4. The molecule has 3 rings (SSSR count). The van der Waals surface area contributed by atoms with Crippen LogP contribution in [0.1, 0.15) is 16.7 Å². The first kappa shape index (κ1) is 13.4. The van der Waals surface area contributed by atoms with E-state index < -0.39 is 5.82 Å². The topological polar surface area (TPSA) is 42.2 Å². The normalized spacial score (nSPS) is 12.4. The molecule has 4 heteroatoms. The third-order valence-corrected chi connectivity index (χ3v) is 3.47. The van der Waals surface area contributed by atoms with Crippen molar-refractivity contribution < 1.29 is 13.9 Å². The Balaban J connectivity index is 1.59. The van der Waals surface area contributed by atoms with E-state index in [1.165, 1.54) is 23.3 Å². The van der Waals surface area contributed by atoms with E-state index in [4.69, 9.17) is 14.7 Å². The van der Waals surface area contributed by atoms with E-state index in [-0.39, 0.29) is 5.56 Å². The number of nitrogens with zero attached hydrogens (tertiary/aromatic N) is 1. The predicted molar refractivity (Wildman–Crippen MR) is 76.0 cm³/mol. The molecule has 1 aliphatic rings. The average molecular weight is 283 g/mol. The minimum absolute atomic E-state index is 0.0287. The zero-order valence-electron chi connectivity index (χ0n) is 11.4. The number of benzene rings is 2. The highest BCUT2D eigenvalue weighted by molar-refractivity contribution is 5.40. The van der Waals surface area contributed by atoms with Gasteiger partial charge in [0.15, 0.2) is 0 Å². The zero-order chi connectivity index (χ0) is 14.7. The molecular weight excluding hydrogens is 269 g/mol. The Bertz CT molecular complexity index is 695. The summed E-state index contributed by atoms with van der Waals surface area (Å²) in [4.78, 5) is 0. The van der Waals surface area contributed by atoms with E-state index in [1.54, 1.807) is 12.1 Å². The standard InChI is InChI=1S/C17H14FNO2/c18-16-10-15(3-2-14(16)11-19)20-7-5-12-1-4-17-13(9-12)6-8-21-17/h1-4,9-10H,5-8H2. The minimum Gasteiger partial charge on any atom is -0.493 e. The highest BCUT2D eigenvalue weighted by Crippen LogP contribution is 2.26. The molecule has 0 amide bonds. The van der Waals surface area contributed by atoms with Crippen molar-refractivity contribution in [3.05, 3.63) is 58.9 Å². The van der Waals surface area contributed by atoms with Gasteiger partial charge in [-0.3, -0.25) is 0 Å². The van der Waals surface area contributed by atoms with Crippen molar-refractivity contribution in [3.8, 4) is 17.6 Å². The second kappa shape index (κ2) is 5.84. The van der Waals surface area contributed by atoms with Gasteiger partial charge in [-0.05, 0) is 29.3 Å². The Hall–Kier alpha value is -2.54. The summed E-state index contributed by atoms with van der Waals surface area (Å²) in [5.74, 6) is 0.856. The molecule has 0 spiro atoms. The molecule has 0 bridgehead atoms. The summed E-state index contributed by atoms with van der Waals surface area (Å²) in [7, 11) is 0. The Morgan fingerprint density at radius 1 is 1.24 bits per heavy atom. The molecule has 2 aromatic carbocycles. The molecule has 1 heterocycles. The molecule has 1 aliphatic heterocycles. The fourth-order valence-corrected chi connectivity index (χ4v) is 2.36. The van der Waals surface area contributed by atoms with E-state index in [2.05, 4.69) is 6.07 Å². The Kier molecular flexibility index (Phi) is 3.74. The number of nitriles is 1. The summed E-state index contributed by atoms with van der Waals surface area (Å²) in [5, 5.41) is 8.67. The second-order valence-corrected chi connectivity index (χ2v) is 4.89. The van der Waals surface area contributed by atoms with Crippen LogP contribution < -0.4 is 9.47 Å². The van der Waals surface area contributed by atoms with Gasteiger partial charge in [0.1, 0.15) is 23.4 Å². The number of hydrogen-bond donors (Lipinski definition) is 0. The molecule has 21 heavy (non-hydrogen) atoms. The van der Waals surface area contributed by atoms with Crippen LogP contribution in [-0.4, -0.2) is 13.2 Å². The van der Waals surface area contributed by atoms with Crippen molar-refractivity contribution in [1.82, 2.24) is 0 Å². The van der Waals surface area contributed by atoms with Crippen molar-refractivity contribution in [2.75, 3.05) is 13.2 Å². The summed E-state index contributed by atoms with van der Waals surface area (Å²) in [5.41, 5.74) is 2.44. The van der Waals surface area contributed by atoms with Gasteiger partial charge in [0.25, 0.3) is 0 Å². The Morgan fingerprint density at radius 3 is 2.95 bits per heavy atom. The van der Waals surface area contributed by atoms with Gasteiger partial charge in [0.05, 0.1) is 18.8 Å². The van der Waals surface area contributed by atoms with E-state index in [0.717, 1.165) is 25.2 Å². The molecule has 0 saturated heterocycles. The lowest BCUT2D eigenvalue weighted by Gasteiger charge is -2.08. The largest absolute Gasteiger partial charge is 0.493 e. The van der Waals surface area contributed by atoms with Gasteiger partial charge in [0, 0.05) is 18.9 Å². The van der Waals surface area contributed by atoms with E-state index in [1.807, 2.05) is 12.1 Å². The number of fused-ring (bicyclic) bond motifs is 1. The molecule has 0 fully saturated rings. The SMILES string of the molecule is N#Cc1ccc(OCCc2ccc3c(c2)CCO3)cc1F. The summed E-state index contributed by atoms with van der Waals surface area (Å²) >= 11 is 0. The average Bonchev–Trinajstić information content (AvgIpc) is 2.95. The van der Waals surface area contributed by atoms with Crippen LogP contribution in [0.5, 0.6) is 11.5 Å². The third kappa shape index (κ3) is 2.97. The second-order valence-electron chi connectivity index (χ2n) is 4.89. The lowest BCUT2D eigenvalue weighted by molar-refractivity contribution is 0.320. The van der Waals surface area contributed by atoms with Gasteiger partial charge in [-0.1, -0.05) is 12.1 Å². The molecule has 2 aromatic rings. The molecule has 0 aromatic heterocycles. The van der Waals surface area contributed by atoms with Crippen LogP contribution in [0.15, 0.2) is 36.4 Å². The van der Waals surface area contributed by atoms with Crippen molar-refractivity contribution >= 4 is 0 Å². The summed E-state index contributed by atoms with van der Waals surface area (Å²) in [6, 6.07) is 12.2. The van der Waals surface area contributed by atoms with Gasteiger partial charge in [-0.2, -0.15) is 5.26 Å². The molecule has 106 valence electrons. The molecule has 0 saturated carbocycles. The first-order valence-corrected chi connectivity index (χ1v) is 6.83. The summed E-state index contributed by atoms with van der Waals surface area (Å²) in [6.07, 6.45) is 1.69. The number of hydrogen-bond acceptors (Lipinski definition) is 3. The Labute approximate surface area is 122 Å². The molecule has 3 nitrogen and oxygen atoms in total. The highest BCUT2D eigenvalue weighted by Gasteiger charge is 2.11. The van der Waals surface area contributed by atoms with Crippen LogP contribution in [-0.2, 0) is 12.8 Å². The fraction of sp³-hybridized carbons (Fsp3) is 0.235. The van der Waals surface area contributed by atoms with Crippen molar-refractivity contribution in [1.29, 1.82) is 5.26 Å². The maximum absolute atomic E-state index is 13.4. The van der Waals surface area contributed by atoms with Gasteiger partial charge in [-0.15, -0.1) is 0 Å². The van der Waals surface area contributed by atoms with Crippen LogP contribution in [0, 0.1) is 17.1 Å². The zero-order valence-corrected chi connectivity index (χ0v) is 11.4. The van der Waals surface area contributed by atoms with Gasteiger partial charge >= 0.3 is 0 Å². The van der Waals surface area contributed by atoms with Gasteiger partial charge in [-0.25, -0.2) is 4.39 Å². The van der Waals surface area contributed by atoms with E-state index >= 15 is 0 Å². The maximum atomic E-state index is 13.4. The van der Waals surface area contributed by atoms with E-state index in [9.17, 15) is 4.39 Å². The maximum Gasteiger partial charge on any atom is 0.144 e. The fourth-order valence-electron chi connectivity index (χ4n) is 2.36. The van der Waals surface area contributed by atoms with Crippen LogP contribution in [0.2, 0.25) is 0 Å². The first-order chi connectivity index (χ1) is 10.3. The minimum atomic E-state index is -0.551.